The fourth-order valence-corrected chi connectivity index (χ4v) is 3.02. The zero-order valence-electron chi connectivity index (χ0n) is 15.6. The van der Waals surface area contributed by atoms with Gasteiger partial charge in [-0.05, 0) is 64.0 Å². The van der Waals surface area contributed by atoms with Crippen molar-refractivity contribution in [3.63, 3.8) is 0 Å². The van der Waals surface area contributed by atoms with Gasteiger partial charge in [0.15, 0.2) is 0 Å². The summed E-state index contributed by atoms with van der Waals surface area (Å²) in [4.78, 5) is 16.4. The van der Waals surface area contributed by atoms with Gasteiger partial charge in [0.25, 0.3) is 0 Å². The van der Waals surface area contributed by atoms with Crippen LogP contribution in [0, 0.1) is 0 Å². The number of nitrogens with one attached hydrogen (secondary N) is 1. The Kier molecular flexibility index (Phi) is 5.76. The maximum Gasteiger partial charge on any atom is 0.316 e. The Labute approximate surface area is 180 Å². The summed E-state index contributed by atoms with van der Waals surface area (Å²) in [5.41, 5.74) is 1.50. The predicted octanol–water partition coefficient (Wildman–Crippen LogP) is 4.93. The van der Waals surface area contributed by atoms with Crippen molar-refractivity contribution in [3.8, 4) is 28.6 Å². The minimum absolute atomic E-state index is 0.0976. The van der Waals surface area contributed by atoms with Crippen molar-refractivity contribution in [2.75, 3.05) is 0 Å². The minimum atomic E-state index is -0.476. The molecule has 30 heavy (non-hydrogen) atoms. The molecular formula is C22H16BrN3O4. The highest BCUT2D eigenvalue weighted by Crippen LogP contribution is 2.28. The number of nitrogens with zero attached hydrogens (tertiary/aromatic N) is 2. The summed E-state index contributed by atoms with van der Waals surface area (Å²) in [7, 11) is 0. The number of benzene rings is 3. The Hall–Kier alpha value is -3.65. The molecule has 0 radical (unpaired) electrons. The molecule has 0 bridgehead atoms. The summed E-state index contributed by atoms with van der Waals surface area (Å²) >= 11 is 3.23. The second-order valence-electron chi connectivity index (χ2n) is 6.33. The average Bonchev–Trinajstić information content (AvgIpc) is 3.26. The van der Waals surface area contributed by atoms with Gasteiger partial charge in [-0.15, -0.1) is 0 Å². The van der Waals surface area contributed by atoms with Crippen molar-refractivity contribution in [2.45, 2.75) is 6.54 Å². The van der Waals surface area contributed by atoms with E-state index in [2.05, 4.69) is 31.4 Å². The molecule has 2 N–H and O–H groups in total. The maximum atomic E-state index is 12.3. The van der Waals surface area contributed by atoms with Crippen molar-refractivity contribution >= 4 is 21.8 Å². The molecule has 3 aromatic carbocycles. The average molecular weight is 466 g/mol. The number of aromatic hydroxyl groups is 1. The Morgan fingerprint density at radius 1 is 1.03 bits per heavy atom. The van der Waals surface area contributed by atoms with Crippen LogP contribution in [0.25, 0.3) is 11.4 Å². The number of amides is 1. The summed E-state index contributed by atoms with van der Waals surface area (Å²) < 4.78 is 11.3. The van der Waals surface area contributed by atoms with Crippen LogP contribution in [-0.4, -0.2) is 21.2 Å². The van der Waals surface area contributed by atoms with Crippen molar-refractivity contribution in [2.24, 2.45) is 0 Å². The highest BCUT2D eigenvalue weighted by molar-refractivity contribution is 9.10. The van der Waals surface area contributed by atoms with Crippen molar-refractivity contribution < 1.29 is 19.2 Å². The molecule has 0 fully saturated rings. The van der Waals surface area contributed by atoms with E-state index in [9.17, 15) is 9.90 Å². The second-order valence-corrected chi connectivity index (χ2v) is 7.19. The molecule has 0 spiro atoms. The van der Waals surface area contributed by atoms with Gasteiger partial charge < -0.3 is 19.7 Å². The number of phenols is 1. The molecule has 0 unspecified atom stereocenters. The molecule has 150 valence electrons. The molecule has 0 aliphatic carbocycles. The highest BCUT2D eigenvalue weighted by Gasteiger charge is 2.16. The third-order valence-electron chi connectivity index (χ3n) is 4.18. The van der Waals surface area contributed by atoms with E-state index in [1.807, 2.05) is 54.6 Å². The lowest BCUT2D eigenvalue weighted by Crippen LogP contribution is -2.23. The monoisotopic (exact) mass is 465 g/mol. The van der Waals surface area contributed by atoms with Gasteiger partial charge in [0.1, 0.15) is 17.2 Å². The number of halogens is 1. The van der Waals surface area contributed by atoms with Crippen LogP contribution < -0.4 is 10.1 Å². The van der Waals surface area contributed by atoms with Crippen LogP contribution in [0.4, 0.5) is 0 Å². The SMILES string of the molecule is O=C(NCc1ccc(Oc2ccccc2)cc1)c1nc(-c2ccc(O)c(Br)c2)no1. The molecule has 1 aromatic heterocycles. The summed E-state index contributed by atoms with van der Waals surface area (Å²) in [6.45, 7) is 0.299. The van der Waals surface area contributed by atoms with Crippen LogP contribution in [0.1, 0.15) is 16.2 Å². The number of carbonyl (C=O) groups is 1. The largest absolute Gasteiger partial charge is 0.507 e. The fourth-order valence-electron chi connectivity index (χ4n) is 2.64. The predicted molar refractivity (Wildman–Crippen MR) is 113 cm³/mol. The topological polar surface area (TPSA) is 97.5 Å². The van der Waals surface area contributed by atoms with Crippen molar-refractivity contribution in [3.05, 3.63) is 88.7 Å². The van der Waals surface area contributed by atoms with E-state index >= 15 is 0 Å². The first-order valence-electron chi connectivity index (χ1n) is 9.01. The number of phenolic OH excluding ortho intramolecular Hbond substituents is 1. The van der Waals surface area contributed by atoms with E-state index < -0.39 is 5.91 Å². The number of para-hydroxylation sites is 1. The Morgan fingerprint density at radius 3 is 2.50 bits per heavy atom. The van der Waals surface area contributed by atoms with Crippen LogP contribution in [0.3, 0.4) is 0 Å². The first kappa shape index (κ1) is 19.7. The van der Waals surface area contributed by atoms with Gasteiger partial charge in [0, 0.05) is 12.1 Å². The third kappa shape index (κ3) is 4.66. The highest BCUT2D eigenvalue weighted by atomic mass is 79.9. The first-order valence-corrected chi connectivity index (χ1v) is 9.80. The number of ether oxygens (including phenoxy) is 1. The Balaban J connectivity index is 1.35. The third-order valence-corrected chi connectivity index (χ3v) is 4.82. The van der Waals surface area contributed by atoms with Gasteiger partial charge in [0.2, 0.25) is 5.82 Å². The summed E-state index contributed by atoms with van der Waals surface area (Å²) in [6, 6.07) is 21.7. The van der Waals surface area contributed by atoms with Crippen LogP contribution in [-0.2, 0) is 6.54 Å². The smallest absolute Gasteiger partial charge is 0.316 e. The summed E-state index contributed by atoms with van der Waals surface area (Å²) in [5, 5.41) is 16.1. The van der Waals surface area contributed by atoms with Crippen LogP contribution in [0.5, 0.6) is 17.2 Å². The molecular weight excluding hydrogens is 450 g/mol. The first-order chi connectivity index (χ1) is 14.6. The summed E-state index contributed by atoms with van der Waals surface area (Å²) in [6.07, 6.45) is 0. The van der Waals surface area contributed by atoms with Crippen LogP contribution >= 0.6 is 15.9 Å². The second kappa shape index (κ2) is 8.79. The molecule has 0 saturated carbocycles. The van der Waals surface area contributed by atoms with Gasteiger partial charge in [-0.2, -0.15) is 4.98 Å². The number of hydrogen-bond donors (Lipinski definition) is 2. The van der Waals surface area contributed by atoms with E-state index in [0.717, 1.165) is 11.3 Å². The van der Waals surface area contributed by atoms with Crippen molar-refractivity contribution in [1.82, 2.24) is 15.5 Å². The molecule has 8 heteroatoms. The fraction of sp³-hybridized carbons (Fsp3) is 0.0455. The molecule has 1 heterocycles. The minimum Gasteiger partial charge on any atom is -0.507 e. The molecule has 0 aliphatic rings. The number of carbonyl (C=O) groups excluding carboxylic acids is 1. The molecule has 7 nitrogen and oxygen atoms in total. The molecule has 4 aromatic rings. The van der Waals surface area contributed by atoms with Crippen LogP contribution in [0.2, 0.25) is 0 Å². The molecule has 0 atom stereocenters. The summed E-state index contributed by atoms with van der Waals surface area (Å²) in [5.74, 6) is 1.20. The van der Waals surface area contributed by atoms with E-state index in [-0.39, 0.29) is 17.5 Å². The van der Waals surface area contributed by atoms with Gasteiger partial charge in [-0.3, -0.25) is 4.79 Å². The van der Waals surface area contributed by atoms with Gasteiger partial charge in [-0.1, -0.05) is 35.5 Å². The Morgan fingerprint density at radius 2 is 1.77 bits per heavy atom. The van der Waals surface area contributed by atoms with Gasteiger partial charge >= 0.3 is 11.8 Å². The zero-order valence-corrected chi connectivity index (χ0v) is 17.2. The van der Waals surface area contributed by atoms with Gasteiger partial charge in [-0.25, -0.2) is 0 Å². The quantitative estimate of drug-likeness (QED) is 0.419. The maximum absolute atomic E-state index is 12.3. The number of hydrogen-bond acceptors (Lipinski definition) is 6. The number of aromatic nitrogens is 2. The van der Waals surface area contributed by atoms with E-state index in [0.29, 0.717) is 22.3 Å². The Bertz CT molecular complexity index is 1160. The lowest BCUT2D eigenvalue weighted by molar-refractivity contribution is 0.0907. The molecule has 1 amide bonds. The van der Waals surface area contributed by atoms with E-state index in [1.54, 1.807) is 12.1 Å². The lowest BCUT2D eigenvalue weighted by Gasteiger charge is -2.07. The standard InChI is InChI=1S/C22H16BrN3O4/c23-18-12-15(8-11-19(18)27)20-25-22(30-26-20)21(28)24-13-14-6-9-17(10-7-14)29-16-4-2-1-3-5-16/h1-12,27H,13H2,(H,24,28). The molecule has 0 aliphatic heterocycles. The van der Waals surface area contributed by atoms with Crippen molar-refractivity contribution in [1.29, 1.82) is 0 Å². The number of rotatable bonds is 6. The lowest BCUT2D eigenvalue weighted by atomic mass is 10.2. The molecule has 0 saturated heterocycles. The molecule has 4 rings (SSSR count). The van der Waals surface area contributed by atoms with E-state index in [4.69, 9.17) is 9.26 Å². The van der Waals surface area contributed by atoms with E-state index in [1.165, 1.54) is 6.07 Å². The van der Waals surface area contributed by atoms with Crippen LogP contribution in [0.15, 0.2) is 81.8 Å². The van der Waals surface area contributed by atoms with Gasteiger partial charge in [0.05, 0.1) is 4.47 Å². The normalized spacial score (nSPS) is 10.6. The zero-order chi connectivity index (χ0) is 20.9.